The number of anilines is 1. The number of esters is 2. The molecule has 8 heteroatoms. The normalized spacial score (nSPS) is 16.2. The van der Waals surface area contributed by atoms with Gasteiger partial charge in [0.2, 0.25) is 5.91 Å². The van der Waals surface area contributed by atoms with Crippen LogP contribution in [0, 0.1) is 5.92 Å². The number of nitrogens with one attached hydrogen (secondary N) is 1. The van der Waals surface area contributed by atoms with Gasteiger partial charge in [0.15, 0.2) is 6.61 Å². The smallest absolute Gasteiger partial charge is 0.338 e. The number of amides is 2. The molecule has 0 aromatic heterocycles. The first-order valence-electron chi connectivity index (χ1n) is 11.0. The monoisotopic (exact) mass is 452 g/mol. The molecular formula is C25H28N2O6. The highest BCUT2D eigenvalue weighted by atomic mass is 16.5. The highest BCUT2D eigenvalue weighted by Crippen LogP contribution is 2.26. The minimum Gasteiger partial charge on any atom is -0.462 e. The van der Waals surface area contributed by atoms with Crippen molar-refractivity contribution in [3.8, 4) is 0 Å². The Morgan fingerprint density at radius 3 is 2.42 bits per heavy atom. The summed E-state index contributed by atoms with van der Waals surface area (Å²) in [6.45, 7) is 3.85. The number of hydrogen-bond acceptors (Lipinski definition) is 6. The minimum absolute atomic E-state index is 0.00115. The second-order valence-corrected chi connectivity index (χ2v) is 7.90. The summed E-state index contributed by atoms with van der Waals surface area (Å²) in [4.78, 5) is 50.4. The molecule has 0 aliphatic carbocycles. The quantitative estimate of drug-likeness (QED) is 0.587. The Kier molecular flexibility index (Phi) is 8.18. The van der Waals surface area contributed by atoms with E-state index in [0.29, 0.717) is 17.9 Å². The molecule has 0 radical (unpaired) electrons. The predicted octanol–water partition coefficient (Wildman–Crippen LogP) is 3.03. The fraction of sp³-hybridized carbons (Fsp3) is 0.360. The van der Waals surface area contributed by atoms with Crippen LogP contribution in [0.3, 0.4) is 0 Å². The molecule has 1 aliphatic heterocycles. The molecular weight excluding hydrogens is 424 g/mol. The van der Waals surface area contributed by atoms with Gasteiger partial charge in [0.25, 0.3) is 5.91 Å². The zero-order chi connectivity index (χ0) is 23.8. The highest BCUT2D eigenvalue weighted by Gasteiger charge is 2.36. The van der Waals surface area contributed by atoms with Crippen LogP contribution in [-0.4, -0.2) is 43.5 Å². The number of hydrogen-bond donors (Lipinski definition) is 1. The Hall–Kier alpha value is -3.68. The van der Waals surface area contributed by atoms with Gasteiger partial charge in [0.05, 0.1) is 24.1 Å². The van der Waals surface area contributed by atoms with E-state index in [1.807, 2.05) is 44.2 Å². The van der Waals surface area contributed by atoms with Crippen molar-refractivity contribution in [3.63, 3.8) is 0 Å². The molecule has 2 atom stereocenters. The van der Waals surface area contributed by atoms with E-state index < -0.39 is 30.4 Å². The lowest BCUT2D eigenvalue weighted by Crippen LogP contribution is -2.32. The van der Waals surface area contributed by atoms with E-state index >= 15 is 0 Å². The van der Waals surface area contributed by atoms with Gasteiger partial charge in [-0.15, -0.1) is 0 Å². The molecule has 1 fully saturated rings. The third-order valence-corrected chi connectivity index (χ3v) is 5.33. The number of rotatable bonds is 9. The summed E-state index contributed by atoms with van der Waals surface area (Å²) in [5.74, 6) is -2.30. The Morgan fingerprint density at radius 2 is 1.76 bits per heavy atom. The molecule has 0 unspecified atom stereocenters. The first kappa shape index (κ1) is 24.0. The molecule has 2 aromatic carbocycles. The Morgan fingerprint density at radius 1 is 1.06 bits per heavy atom. The van der Waals surface area contributed by atoms with Gasteiger partial charge >= 0.3 is 11.9 Å². The van der Waals surface area contributed by atoms with E-state index in [1.165, 1.54) is 4.90 Å². The lowest BCUT2D eigenvalue weighted by molar-refractivity contribution is -0.152. The van der Waals surface area contributed by atoms with Gasteiger partial charge in [0, 0.05) is 18.7 Å². The van der Waals surface area contributed by atoms with E-state index in [0.717, 1.165) is 12.0 Å². The molecule has 0 bridgehead atoms. The fourth-order valence-electron chi connectivity index (χ4n) is 3.53. The summed E-state index contributed by atoms with van der Waals surface area (Å²) in [7, 11) is 0. The van der Waals surface area contributed by atoms with Crippen molar-refractivity contribution in [3.05, 3.63) is 65.7 Å². The van der Waals surface area contributed by atoms with Gasteiger partial charge in [-0.3, -0.25) is 14.4 Å². The minimum atomic E-state index is -0.661. The molecule has 8 nitrogen and oxygen atoms in total. The average molecular weight is 453 g/mol. The van der Waals surface area contributed by atoms with E-state index in [9.17, 15) is 19.2 Å². The standard InChI is InChI=1S/C25H28N2O6/c1-3-13-32-24(30)19-9-11-21(12-10-19)27-15-20(14-23(27)29)25(31)33-16-22(28)26-17(2)18-7-5-4-6-8-18/h4-12,17,20H,3,13-16H2,1-2H3,(H,26,28)/t17-,20-/m1/s1. The molecule has 33 heavy (non-hydrogen) atoms. The zero-order valence-corrected chi connectivity index (χ0v) is 18.8. The maximum atomic E-state index is 12.4. The highest BCUT2D eigenvalue weighted by molar-refractivity contribution is 6.00. The predicted molar refractivity (Wildman–Crippen MR) is 121 cm³/mol. The Labute approximate surface area is 192 Å². The van der Waals surface area contributed by atoms with Crippen LogP contribution in [0.15, 0.2) is 54.6 Å². The maximum absolute atomic E-state index is 12.4. The summed E-state index contributed by atoms with van der Waals surface area (Å²) in [6.07, 6.45) is 0.735. The van der Waals surface area contributed by atoms with Gasteiger partial charge in [-0.2, -0.15) is 0 Å². The first-order valence-corrected chi connectivity index (χ1v) is 11.0. The third-order valence-electron chi connectivity index (χ3n) is 5.33. The summed E-state index contributed by atoms with van der Waals surface area (Å²) < 4.78 is 10.2. The number of nitrogens with zero attached hydrogens (tertiary/aromatic N) is 1. The lowest BCUT2D eigenvalue weighted by Gasteiger charge is -2.17. The van der Waals surface area contributed by atoms with Crippen molar-refractivity contribution < 1.29 is 28.7 Å². The summed E-state index contributed by atoms with van der Waals surface area (Å²) in [5, 5.41) is 2.78. The van der Waals surface area contributed by atoms with Crippen LogP contribution in [0.1, 0.15) is 48.7 Å². The second-order valence-electron chi connectivity index (χ2n) is 7.90. The van der Waals surface area contributed by atoms with E-state index in [2.05, 4.69) is 5.32 Å². The van der Waals surface area contributed by atoms with Crippen molar-refractivity contribution in [1.29, 1.82) is 0 Å². The number of ether oxygens (including phenoxy) is 2. The van der Waals surface area contributed by atoms with Crippen LogP contribution in [0.25, 0.3) is 0 Å². The number of benzene rings is 2. The van der Waals surface area contributed by atoms with Crippen LogP contribution >= 0.6 is 0 Å². The largest absolute Gasteiger partial charge is 0.462 e. The molecule has 1 aliphatic rings. The van der Waals surface area contributed by atoms with Crippen molar-refractivity contribution in [2.24, 2.45) is 5.92 Å². The fourth-order valence-corrected chi connectivity index (χ4v) is 3.53. The molecule has 0 saturated carbocycles. The zero-order valence-electron chi connectivity index (χ0n) is 18.8. The van der Waals surface area contributed by atoms with Crippen molar-refractivity contribution in [2.45, 2.75) is 32.7 Å². The van der Waals surface area contributed by atoms with E-state index in [-0.39, 0.29) is 24.9 Å². The number of carbonyl (C=O) groups is 4. The molecule has 174 valence electrons. The molecule has 1 saturated heterocycles. The third kappa shape index (κ3) is 6.41. The maximum Gasteiger partial charge on any atom is 0.338 e. The Balaban J connectivity index is 1.49. The molecule has 0 spiro atoms. The molecule has 1 heterocycles. The van der Waals surface area contributed by atoms with E-state index in [4.69, 9.17) is 9.47 Å². The SMILES string of the molecule is CCCOC(=O)c1ccc(N2C[C@H](C(=O)OCC(=O)N[C@H](C)c3ccccc3)CC2=O)cc1. The number of carbonyl (C=O) groups excluding carboxylic acids is 4. The molecule has 2 amide bonds. The molecule has 2 aromatic rings. The van der Waals surface area contributed by atoms with Gasteiger partial charge in [-0.25, -0.2) is 4.79 Å². The first-order chi connectivity index (χ1) is 15.9. The van der Waals surface area contributed by atoms with Gasteiger partial charge in [-0.1, -0.05) is 37.3 Å². The van der Waals surface area contributed by atoms with Gasteiger partial charge in [-0.05, 0) is 43.2 Å². The van der Waals surface area contributed by atoms with Crippen LogP contribution in [0.2, 0.25) is 0 Å². The van der Waals surface area contributed by atoms with Gasteiger partial charge < -0.3 is 19.7 Å². The topological polar surface area (TPSA) is 102 Å². The van der Waals surface area contributed by atoms with Crippen LogP contribution in [0.4, 0.5) is 5.69 Å². The summed E-state index contributed by atoms with van der Waals surface area (Å²) in [6, 6.07) is 15.7. The van der Waals surface area contributed by atoms with Crippen molar-refractivity contribution in [2.75, 3.05) is 24.7 Å². The van der Waals surface area contributed by atoms with E-state index in [1.54, 1.807) is 24.3 Å². The van der Waals surface area contributed by atoms with Crippen molar-refractivity contribution >= 4 is 29.4 Å². The summed E-state index contributed by atoms with van der Waals surface area (Å²) in [5.41, 5.74) is 1.92. The van der Waals surface area contributed by atoms with Crippen LogP contribution in [-0.2, 0) is 23.9 Å². The average Bonchev–Trinajstić information content (AvgIpc) is 3.23. The molecule has 3 rings (SSSR count). The summed E-state index contributed by atoms with van der Waals surface area (Å²) >= 11 is 0. The molecule has 1 N–H and O–H groups in total. The second kappa shape index (κ2) is 11.3. The Bertz CT molecular complexity index is 990. The van der Waals surface area contributed by atoms with Crippen LogP contribution < -0.4 is 10.2 Å². The van der Waals surface area contributed by atoms with Crippen LogP contribution in [0.5, 0.6) is 0 Å². The van der Waals surface area contributed by atoms with Gasteiger partial charge in [0.1, 0.15) is 0 Å². The lowest BCUT2D eigenvalue weighted by atomic mass is 10.1. The van der Waals surface area contributed by atoms with Crippen molar-refractivity contribution in [1.82, 2.24) is 5.32 Å².